The predicted octanol–water partition coefficient (Wildman–Crippen LogP) is 2.87. The third-order valence-corrected chi connectivity index (χ3v) is 5.55. The van der Waals surface area contributed by atoms with Crippen molar-refractivity contribution in [3.8, 4) is 0 Å². The molecule has 1 aromatic heterocycles. The fraction of sp³-hybridized carbons (Fsp3) is 0.364. The molecule has 0 atom stereocenters. The maximum Gasteiger partial charge on any atom is 0.317 e. The van der Waals surface area contributed by atoms with E-state index in [4.69, 9.17) is 0 Å². The molecule has 0 bridgehead atoms. The van der Waals surface area contributed by atoms with Crippen molar-refractivity contribution in [2.75, 3.05) is 32.7 Å². The third-order valence-electron chi connectivity index (χ3n) is 5.55. The number of carbonyl (C=O) groups excluding carboxylic acids is 1. The third kappa shape index (κ3) is 4.17. The molecule has 28 heavy (non-hydrogen) atoms. The van der Waals surface area contributed by atoms with E-state index in [1.165, 1.54) is 10.8 Å². The Balaban J connectivity index is 1.25. The molecule has 3 aromatic rings. The Labute approximate surface area is 165 Å². The highest BCUT2D eigenvalue weighted by Crippen LogP contribution is 2.18. The summed E-state index contributed by atoms with van der Waals surface area (Å²) in [5, 5.41) is 5.50. The second-order valence-electron chi connectivity index (χ2n) is 7.29. The van der Waals surface area contributed by atoms with Crippen LogP contribution < -0.4 is 5.32 Å². The molecular formula is C22H27N5O. The average Bonchev–Trinajstić information content (AvgIpc) is 3.15. The van der Waals surface area contributed by atoms with Gasteiger partial charge >= 0.3 is 6.03 Å². The van der Waals surface area contributed by atoms with E-state index < -0.39 is 0 Å². The van der Waals surface area contributed by atoms with Crippen LogP contribution in [0.3, 0.4) is 0 Å². The van der Waals surface area contributed by atoms with Gasteiger partial charge in [0.2, 0.25) is 0 Å². The van der Waals surface area contributed by atoms with E-state index >= 15 is 0 Å². The van der Waals surface area contributed by atoms with Gasteiger partial charge in [0.1, 0.15) is 5.82 Å². The number of piperazine rings is 1. The van der Waals surface area contributed by atoms with Crippen molar-refractivity contribution in [1.29, 1.82) is 0 Å². The zero-order chi connectivity index (χ0) is 19.3. The number of rotatable bonds is 5. The lowest BCUT2D eigenvalue weighted by Gasteiger charge is -2.34. The fourth-order valence-corrected chi connectivity index (χ4v) is 3.79. The van der Waals surface area contributed by atoms with E-state index in [9.17, 15) is 4.79 Å². The van der Waals surface area contributed by atoms with Crippen LogP contribution in [0.4, 0.5) is 4.79 Å². The normalized spacial score (nSPS) is 15.1. The van der Waals surface area contributed by atoms with Crippen LogP contribution in [0.2, 0.25) is 0 Å². The van der Waals surface area contributed by atoms with Gasteiger partial charge in [0.05, 0.1) is 0 Å². The first-order valence-electron chi connectivity index (χ1n) is 9.90. The number of benzene rings is 2. The summed E-state index contributed by atoms with van der Waals surface area (Å²) in [5.41, 5.74) is 1.15. The first kappa shape index (κ1) is 18.5. The Morgan fingerprint density at radius 2 is 1.82 bits per heavy atom. The van der Waals surface area contributed by atoms with Crippen LogP contribution in [0.25, 0.3) is 10.8 Å². The van der Waals surface area contributed by atoms with Crippen LogP contribution in [-0.2, 0) is 13.1 Å². The average molecular weight is 377 g/mol. The molecule has 1 saturated heterocycles. The maximum absolute atomic E-state index is 12.6. The lowest BCUT2D eigenvalue weighted by atomic mass is 10.0. The van der Waals surface area contributed by atoms with Crippen molar-refractivity contribution in [3.05, 3.63) is 66.2 Å². The van der Waals surface area contributed by atoms with Gasteiger partial charge in [-0.15, -0.1) is 0 Å². The Hall–Kier alpha value is -2.86. The minimum Gasteiger partial charge on any atom is -0.334 e. The molecule has 0 aliphatic carbocycles. The number of nitrogens with one attached hydrogen (secondary N) is 1. The van der Waals surface area contributed by atoms with E-state index in [0.717, 1.165) is 50.7 Å². The molecular weight excluding hydrogens is 350 g/mol. The van der Waals surface area contributed by atoms with Crippen LogP contribution in [0.5, 0.6) is 0 Å². The summed E-state index contributed by atoms with van der Waals surface area (Å²) in [6.45, 7) is 7.87. The van der Waals surface area contributed by atoms with Crippen LogP contribution >= 0.6 is 0 Å². The molecule has 0 unspecified atom stereocenters. The van der Waals surface area contributed by atoms with E-state index in [1.54, 1.807) is 0 Å². The first-order valence-corrected chi connectivity index (χ1v) is 9.90. The van der Waals surface area contributed by atoms with Crippen LogP contribution in [0.15, 0.2) is 54.9 Å². The van der Waals surface area contributed by atoms with E-state index in [2.05, 4.69) is 44.0 Å². The highest BCUT2D eigenvalue weighted by Gasteiger charge is 2.20. The van der Waals surface area contributed by atoms with Gasteiger partial charge in [0.15, 0.2) is 0 Å². The van der Waals surface area contributed by atoms with Crippen molar-refractivity contribution in [3.63, 3.8) is 0 Å². The molecule has 1 N–H and O–H groups in total. The number of urea groups is 1. The number of aryl methyl sites for hydroxylation is 1. The number of amides is 2. The summed E-state index contributed by atoms with van der Waals surface area (Å²) in [5.74, 6) is 1.05. The van der Waals surface area contributed by atoms with Gasteiger partial charge in [-0.2, -0.15) is 0 Å². The molecule has 1 fully saturated rings. The molecule has 6 nitrogen and oxygen atoms in total. The monoisotopic (exact) mass is 377 g/mol. The predicted molar refractivity (Wildman–Crippen MR) is 111 cm³/mol. The van der Waals surface area contributed by atoms with Crippen molar-refractivity contribution in [1.82, 2.24) is 24.7 Å². The number of aromatic nitrogens is 2. The molecule has 146 valence electrons. The number of hydrogen-bond donors (Lipinski definition) is 1. The fourth-order valence-electron chi connectivity index (χ4n) is 3.79. The van der Waals surface area contributed by atoms with Crippen LogP contribution in [-0.4, -0.2) is 58.1 Å². The summed E-state index contributed by atoms with van der Waals surface area (Å²) >= 11 is 0. The Kier molecular flexibility index (Phi) is 5.58. The summed E-state index contributed by atoms with van der Waals surface area (Å²) in [6, 6.07) is 14.5. The highest BCUT2D eigenvalue weighted by molar-refractivity contribution is 5.86. The summed E-state index contributed by atoms with van der Waals surface area (Å²) in [7, 11) is 0. The number of hydrogen-bond acceptors (Lipinski definition) is 3. The van der Waals surface area contributed by atoms with Gasteiger partial charge in [0, 0.05) is 58.2 Å². The van der Waals surface area contributed by atoms with E-state index in [-0.39, 0.29) is 6.03 Å². The molecule has 2 heterocycles. The van der Waals surface area contributed by atoms with Crippen LogP contribution in [0, 0.1) is 6.92 Å². The summed E-state index contributed by atoms with van der Waals surface area (Å²) in [6.07, 6.45) is 3.86. The molecule has 2 aromatic carbocycles. The minimum atomic E-state index is 0.0260. The first-order chi connectivity index (χ1) is 13.7. The van der Waals surface area contributed by atoms with Gasteiger partial charge in [-0.3, -0.25) is 4.90 Å². The quantitative estimate of drug-likeness (QED) is 0.744. The topological polar surface area (TPSA) is 53.4 Å². The minimum absolute atomic E-state index is 0.0260. The lowest BCUT2D eigenvalue weighted by Crippen LogP contribution is -2.52. The number of fused-ring (bicyclic) bond motifs is 1. The van der Waals surface area contributed by atoms with Gasteiger partial charge in [-0.25, -0.2) is 9.78 Å². The zero-order valence-electron chi connectivity index (χ0n) is 16.3. The standard InChI is InChI=1S/C22H27N5O/c1-18-23-9-10-26(18)14-11-25-12-15-27(16-13-25)22(28)24-17-20-7-4-6-19-5-2-3-8-21(19)20/h2-10H,11-17H2,1H3,(H,24,28). The van der Waals surface area contributed by atoms with Gasteiger partial charge in [0.25, 0.3) is 0 Å². The Bertz CT molecular complexity index is 938. The number of nitrogens with zero attached hydrogens (tertiary/aromatic N) is 4. The molecule has 0 saturated carbocycles. The van der Waals surface area contributed by atoms with E-state index in [1.807, 2.05) is 42.4 Å². The zero-order valence-corrected chi connectivity index (χ0v) is 16.3. The second kappa shape index (κ2) is 8.44. The van der Waals surface area contributed by atoms with Gasteiger partial charge < -0.3 is 14.8 Å². The largest absolute Gasteiger partial charge is 0.334 e. The van der Waals surface area contributed by atoms with Crippen molar-refractivity contribution in [2.24, 2.45) is 0 Å². The van der Waals surface area contributed by atoms with Crippen molar-refractivity contribution >= 4 is 16.8 Å². The smallest absolute Gasteiger partial charge is 0.317 e. The van der Waals surface area contributed by atoms with Crippen molar-refractivity contribution < 1.29 is 4.79 Å². The maximum atomic E-state index is 12.6. The SMILES string of the molecule is Cc1nccn1CCN1CCN(C(=O)NCc2cccc3ccccc23)CC1. The number of carbonyl (C=O) groups is 1. The number of imidazole rings is 1. The Morgan fingerprint density at radius 1 is 1.04 bits per heavy atom. The molecule has 0 spiro atoms. The summed E-state index contributed by atoms with van der Waals surface area (Å²) < 4.78 is 2.17. The van der Waals surface area contributed by atoms with Crippen molar-refractivity contribution in [2.45, 2.75) is 20.0 Å². The second-order valence-corrected chi connectivity index (χ2v) is 7.29. The highest BCUT2D eigenvalue weighted by atomic mass is 16.2. The molecule has 0 radical (unpaired) electrons. The Morgan fingerprint density at radius 3 is 2.61 bits per heavy atom. The molecule has 6 heteroatoms. The van der Waals surface area contributed by atoms with Gasteiger partial charge in [-0.05, 0) is 23.3 Å². The molecule has 1 aliphatic heterocycles. The molecule has 4 rings (SSSR count). The van der Waals surface area contributed by atoms with Gasteiger partial charge in [-0.1, -0.05) is 42.5 Å². The van der Waals surface area contributed by atoms with Crippen LogP contribution in [0.1, 0.15) is 11.4 Å². The molecule has 2 amide bonds. The summed E-state index contributed by atoms with van der Waals surface area (Å²) in [4.78, 5) is 21.2. The lowest BCUT2D eigenvalue weighted by molar-refractivity contribution is 0.136. The molecule has 1 aliphatic rings. The van der Waals surface area contributed by atoms with E-state index in [0.29, 0.717) is 6.54 Å².